The molecular weight excluding hydrogens is 537 g/mol. The van der Waals surface area contributed by atoms with E-state index < -0.39 is 7.60 Å². The van der Waals surface area contributed by atoms with Crippen molar-refractivity contribution in [3.63, 3.8) is 0 Å². The highest BCUT2D eigenvalue weighted by atomic mass is 31.2. The molecule has 0 atom stereocenters. The van der Waals surface area contributed by atoms with Gasteiger partial charge in [0.05, 0.1) is 40.2 Å². The molecule has 0 saturated carbocycles. The van der Waals surface area contributed by atoms with Crippen molar-refractivity contribution in [3.05, 3.63) is 12.0 Å². The van der Waals surface area contributed by atoms with Crippen molar-refractivity contribution in [3.8, 4) is 0 Å². The number of hydrogen-bond acceptors (Lipinski definition) is 3. The molecule has 5 heteroatoms. The fraction of sp³-hybridized carbons (Fsp3) is 0.946. The van der Waals surface area contributed by atoms with Crippen molar-refractivity contribution in [1.29, 1.82) is 0 Å². The van der Waals surface area contributed by atoms with Crippen molar-refractivity contribution >= 4 is 7.60 Å². The molecule has 0 amide bonds. The van der Waals surface area contributed by atoms with Crippen molar-refractivity contribution in [2.45, 2.75) is 194 Å². The maximum Gasteiger partial charge on any atom is 0.359 e. The van der Waals surface area contributed by atoms with Crippen LogP contribution in [0.3, 0.4) is 0 Å². The van der Waals surface area contributed by atoms with E-state index in [1.807, 2.05) is 6.20 Å². The fourth-order valence-electron chi connectivity index (χ4n) is 5.38. The van der Waals surface area contributed by atoms with Crippen LogP contribution in [0.25, 0.3) is 0 Å². The molecule has 0 unspecified atom stereocenters. The molecule has 252 valence electrons. The van der Waals surface area contributed by atoms with Crippen LogP contribution < -0.4 is 0 Å². The van der Waals surface area contributed by atoms with E-state index in [0.29, 0.717) is 17.7 Å². The highest BCUT2D eigenvalue weighted by molar-refractivity contribution is 7.57. The van der Waals surface area contributed by atoms with Crippen LogP contribution >= 0.6 is 7.60 Å². The van der Waals surface area contributed by atoms with Gasteiger partial charge in [0.1, 0.15) is 6.20 Å². The second-order valence-corrected chi connectivity index (χ2v) is 15.7. The molecule has 0 aromatic rings. The van der Waals surface area contributed by atoms with Gasteiger partial charge in [-0.05, 0) is 12.8 Å². The first-order chi connectivity index (χ1) is 20.3. The Morgan fingerprint density at radius 2 is 0.667 bits per heavy atom. The molecule has 0 aromatic carbocycles. The molecule has 0 saturated heterocycles. The molecule has 42 heavy (non-hydrogen) atoms. The molecule has 0 bridgehead atoms. The third kappa shape index (κ3) is 32.8. The lowest BCUT2D eigenvalue weighted by Crippen LogP contribution is -2.26. The molecular formula is C37H77NO3P+. The van der Waals surface area contributed by atoms with Gasteiger partial charge in [0, 0.05) is 0 Å². The van der Waals surface area contributed by atoms with Crippen molar-refractivity contribution < 1.29 is 18.1 Å². The van der Waals surface area contributed by atoms with E-state index in [9.17, 15) is 4.57 Å². The average molecular weight is 615 g/mol. The molecule has 0 spiro atoms. The molecule has 0 N–H and O–H groups in total. The predicted octanol–water partition coefficient (Wildman–Crippen LogP) is 13.4. The van der Waals surface area contributed by atoms with Gasteiger partial charge >= 0.3 is 7.60 Å². The molecule has 0 aromatic heterocycles. The van der Waals surface area contributed by atoms with Gasteiger partial charge in [-0.1, -0.05) is 181 Å². The monoisotopic (exact) mass is 615 g/mol. The zero-order chi connectivity index (χ0) is 31.0. The Morgan fingerprint density at radius 3 is 0.905 bits per heavy atom. The van der Waals surface area contributed by atoms with E-state index in [1.54, 1.807) is 5.82 Å². The topological polar surface area (TPSA) is 35.5 Å². The first-order valence-electron chi connectivity index (χ1n) is 18.7. The summed E-state index contributed by atoms with van der Waals surface area (Å²) >= 11 is 0. The summed E-state index contributed by atoms with van der Waals surface area (Å²) in [6.07, 6.45) is 39.2. The minimum atomic E-state index is -3.18. The highest BCUT2D eigenvalue weighted by Gasteiger charge is 2.22. The quantitative estimate of drug-likeness (QED) is 0.0411. The molecule has 0 aliphatic rings. The lowest BCUT2D eigenvalue weighted by molar-refractivity contribution is -0.817. The number of rotatable bonds is 34. The van der Waals surface area contributed by atoms with Crippen LogP contribution in [0.4, 0.5) is 0 Å². The third-order valence-electron chi connectivity index (χ3n) is 8.23. The lowest BCUT2D eigenvalue weighted by Gasteiger charge is -2.20. The van der Waals surface area contributed by atoms with Gasteiger partial charge in [-0.15, -0.1) is 0 Å². The van der Waals surface area contributed by atoms with Gasteiger partial charge in [0.25, 0.3) is 0 Å². The maximum atomic E-state index is 13.4. The molecule has 0 aliphatic heterocycles. The van der Waals surface area contributed by atoms with E-state index in [2.05, 4.69) is 35.0 Å². The standard InChI is InChI=1S/C37H77NO3P/c1-6-8-10-12-14-16-18-20-22-24-26-28-30-32-35-40-42(39,37-34-38(3,4)5)41-36-33-31-29-27-25-23-21-19-17-15-13-11-9-7-2/h34,37H,6-33,35-36H2,1-5H3/q+1. The van der Waals surface area contributed by atoms with Crippen LogP contribution in [0.1, 0.15) is 194 Å². The van der Waals surface area contributed by atoms with Crippen molar-refractivity contribution in [1.82, 2.24) is 0 Å². The Labute approximate surface area is 265 Å². The summed E-state index contributed by atoms with van der Waals surface area (Å²) in [6.45, 7) is 5.62. The Morgan fingerprint density at radius 1 is 0.429 bits per heavy atom. The van der Waals surface area contributed by atoms with Crippen LogP contribution in [0.15, 0.2) is 12.0 Å². The number of nitrogens with zero attached hydrogens (tertiary/aromatic N) is 1. The smallest absolute Gasteiger partial charge is 0.305 e. The fourth-order valence-corrected chi connectivity index (χ4v) is 6.96. The van der Waals surface area contributed by atoms with Gasteiger partial charge < -0.3 is 13.5 Å². The predicted molar refractivity (Wildman–Crippen MR) is 187 cm³/mol. The number of hydrogen-bond donors (Lipinski definition) is 0. The van der Waals surface area contributed by atoms with Gasteiger partial charge in [0.15, 0.2) is 0 Å². The highest BCUT2D eigenvalue weighted by Crippen LogP contribution is 2.50. The van der Waals surface area contributed by atoms with Crippen molar-refractivity contribution in [2.75, 3.05) is 34.4 Å². The largest absolute Gasteiger partial charge is 0.359 e. The van der Waals surface area contributed by atoms with Crippen LogP contribution in [0, 0.1) is 0 Å². The molecule has 0 aliphatic carbocycles. The minimum Gasteiger partial charge on any atom is -0.305 e. The van der Waals surface area contributed by atoms with E-state index >= 15 is 0 Å². The van der Waals surface area contributed by atoms with Crippen LogP contribution in [-0.4, -0.2) is 38.8 Å². The third-order valence-corrected chi connectivity index (χ3v) is 9.82. The van der Waals surface area contributed by atoms with Gasteiger partial charge in [0.2, 0.25) is 0 Å². The van der Waals surface area contributed by atoms with Crippen molar-refractivity contribution in [2.24, 2.45) is 0 Å². The summed E-state index contributed by atoms with van der Waals surface area (Å²) in [4.78, 5) is 0. The zero-order valence-corrected chi connectivity index (χ0v) is 30.4. The zero-order valence-electron chi connectivity index (χ0n) is 29.5. The molecule has 0 fully saturated rings. The van der Waals surface area contributed by atoms with Gasteiger partial charge in [-0.25, -0.2) is 0 Å². The molecule has 4 nitrogen and oxygen atoms in total. The van der Waals surface area contributed by atoms with E-state index in [0.717, 1.165) is 25.7 Å². The van der Waals surface area contributed by atoms with Gasteiger partial charge in [-0.2, -0.15) is 0 Å². The average Bonchev–Trinajstić information content (AvgIpc) is 2.96. The summed E-state index contributed by atoms with van der Waals surface area (Å²) in [5, 5.41) is 0. The summed E-state index contributed by atoms with van der Waals surface area (Å²) in [5.41, 5.74) is 0. The Bertz CT molecular complexity index is 579. The first-order valence-corrected chi connectivity index (χ1v) is 20.3. The molecule has 0 rings (SSSR count). The molecule has 0 heterocycles. The first kappa shape index (κ1) is 41.9. The normalized spacial score (nSPS) is 12.6. The van der Waals surface area contributed by atoms with Crippen LogP contribution in [-0.2, 0) is 13.6 Å². The van der Waals surface area contributed by atoms with Gasteiger partial charge in [-0.3, -0.25) is 4.57 Å². The summed E-state index contributed by atoms with van der Waals surface area (Å²) in [5.74, 6) is 1.70. The van der Waals surface area contributed by atoms with E-state index in [-0.39, 0.29) is 0 Å². The minimum absolute atomic E-state index is 0.523. The second kappa shape index (κ2) is 30.9. The number of quaternary nitrogens is 1. The summed E-state index contributed by atoms with van der Waals surface area (Å²) in [7, 11) is 2.99. The van der Waals surface area contributed by atoms with E-state index in [4.69, 9.17) is 9.05 Å². The Kier molecular flexibility index (Phi) is 30.7. The second-order valence-electron chi connectivity index (χ2n) is 13.8. The number of unbranched alkanes of at least 4 members (excludes halogenated alkanes) is 26. The lowest BCUT2D eigenvalue weighted by atomic mass is 10.0. The molecule has 0 radical (unpaired) electrons. The Balaban J connectivity index is 3.86. The van der Waals surface area contributed by atoms with Crippen LogP contribution in [0.2, 0.25) is 0 Å². The van der Waals surface area contributed by atoms with E-state index in [1.165, 1.54) is 154 Å². The SMILES string of the molecule is CCCCCCCCCCCCCCCCOP(=O)(C=C[N+](C)(C)C)OCCCCCCCCCCCCCCCC. The summed E-state index contributed by atoms with van der Waals surface area (Å²) < 4.78 is 25.8. The Hall–Kier alpha value is -0.150. The summed E-state index contributed by atoms with van der Waals surface area (Å²) in [6, 6.07) is 0. The maximum absolute atomic E-state index is 13.4. The van der Waals surface area contributed by atoms with Crippen LogP contribution in [0.5, 0.6) is 0 Å².